The molecule has 0 aliphatic carbocycles. The molecule has 0 radical (unpaired) electrons. The summed E-state index contributed by atoms with van der Waals surface area (Å²) >= 11 is 0. The van der Waals surface area contributed by atoms with E-state index in [0.29, 0.717) is 45.0 Å². The second-order valence-electron chi connectivity index (χ2n) is 11.2. The van der Waals surface area contributed by atoms with Gasteiger partial charge in [0.1, 0.15) is 35.2 Å². The fraction of sp³-hybridized carbons (Fsp3) is 0.229. The number of rotatable bonds is 8. The third-order valence-corrected chi connectivity index (χ3v) is 7.63. The summed E-state index contributed by atoms with van der Waals surface area (Å²) in [4.78, 5) is 39.3. The number of likely N-dealkylation sites (N-methyl/N-ethyl adjacent to an activating group) is 1. The van der Waals surface area contributed by atoms with E-state index < -0.39 is 17.3 Å². The van der Waals surface area contributed by atoms with Gasteiger partial charge in [-0.05, 0) is 75.2 Å². The Kier molecular flexibility index (Phi) is 8.15. The average Bonchev–Trinajstić information content (AvgIpc) is 3.00. The van der Waals surface area contributed by atoms with Crippen LogP contribution in [0.2, 0.25) is 0 Å². The number of hydrogen-bond acceptors (Lipinski definition) is 7. The molecule has 1 N–H and O–H groups in total. The second-order valence-corrected chi connectivity index (χ2v) is 11.2. The summed E-state index contributed by atoms with van der Waals surface area (Å²) in [6.45, 7) is 6.94. The first-order chi connectivity index (χ1) is 20.9. The van der Waals surface area contributed by atoms with Crippen molar-refractivity contribution in [3.8, 4) is 28.4 Å². The number of esters is 1. The molecule has 1 aliphatic heterocycles. The molecule has 226 valence electrons. The lowest BCUT2D eigenvalue weighted by Crippen LogP contribution is -2.52. The number of amides is 1. The van der Waals surface area contributed by atoms with Gasteiger partial charge in [0.15, 0.2) is 5.78 Å². The lowest BCUT2D eigenvalue weighted by Gasteiger charge is -2.39. The van der Waals surface area contributed by atoms with Gasteiger partial charge in [-0.25, -0.2) is 9.18 Å². The van der Waals surface area contributed by atoms with Crippen molar-refractivity contribution in [1.82, 2.24) is 0 Å². The number of ketones is 1. The van der Waals surface area contributed by atoms with Gasteiger partial charge in [-0.3, -0.25) is 9.59 Å². The number of anilines is 2. The van der Waals surface area contributed by atoms with Gasteiger partial charge in [0.2, 0.25) is 0 Å². The van der Waals surface area contributed by atoms with Crippen LogP contribution in [0.15, 0.2) is 72.8 Å². The van der Waals surface area contributed by atoms with Crippen molar-refractivity contribution in [2.45, 2.75) is 39.8 Å². The first kappa shape index (κ1) is 30.3. The molecule has 1 amide bonds. The number of halogens is 1. The topological polar surface area (TPSA) is 94.2 Å². The molecular weight excluding hydrogens is 563 g/mol. The van der Waals surface area contributed by atoms with Crippen molar-refractivity contribution in [1.29, 1.82) is 0 Å². The van der Waals surface area contributed by atoms with E-state index in [4.69, 9.17) is 14.2 Å². The van der Waals surface area contributed by atoms with Gasteiger partial charge >= 0.3 is 5.97 Å². The summed E-state index contributed by atoms with van der Waals surface area (Å²) in [6, 6.07) is 19.4. The zero-order valence-electron chi connectivity index (χ0n) is 25.4. The highest BCUT2D eigenvalue weighted by Crippen LogP contribution is 2.45. The fourth-order valence-corrected chi connectivity index (χ4v) is 5.27. The van der Waals surface area contributed by atoms with Crippen molar-refractivity contribution >= 4 is 29.0 Å². The van der Waals surface area contributed by atoms with Gasteiger partial charge in [0, 0.05) is 35.9 Å². The van der Waals surface area contributed by atoms with Crippen LogP contribution in [-0.4, -0.2) is 37.4 Å². The molecule has 0 fully saturated rings. The lowest BCUT2D eigenvalue weighted by atomic mass is 9.91. The second kappa shape index (κ2) is 11.8. The van der Waals surface area contributed by atoms with Crippen molar-refractivity contribution in [3.63, 3.8) is 0 Å². The summed E-state index contributed by atoms with van der Waals surface area (Å²) in [5, 5.41) is 3.32. The Morgan fingerprint density at radius 3 is 2.27 bits per heavy atom. The number of benzene rings is 4. The maximum atomic E-state index is 14.1. The molecule has 44 heavy (non-hydrogen) atoms. The van der Waals surface area contributed by atoms with E-state index >= 15 is 0 Å². The average molecular weight is 597 g/mol. The maximum Gasteiger partial charge on any atom is 0.343 e. The van der Waals surface area contributed by atoms with Crippen LogP contribution >= 0.6 is 0 Å². The monoisotopic (exact) mass is 596 g/mol. The molecule has 0 unspecified atom stereocenters. The van der Waals surface area contributed by atoms with E-state index in [1.165, 1.54) is 38.3 Å². The fourth-order valence-electron chi connectivity index (χ4n) is 5.27. The molecule has 0 atom stereocenters. The van der Waals surface area contributed by atoms with E-state index in [1.807, 2.05) is 32.9 Å². The Labute approximate surface area is 255 Å². The molecule has 0 saturated heterocycles. The standard InChI is InChI=1S/C35H33FN2O6/c1-20-7-12-24(36)17-30(20)43-19-28-26(15-16-29-32(28)38(5)34(41)35(3,4)37-29)27-14-13-25(18-31(27)42-6)44-33(40)23-10-8-22(9-11-23)21(2)39/h7-18,37H,19H2,1-6H3. The number of aryl methyl sites for hydroxylation is 1. The van der Waals surface area contributed by atoms with E-state index in [0.717, 1.165) is 11.3 Å². The summed E-state index contributed by atoms with van der Waals surface area (Å²) in [5.41, 5.74) is 4.17. The molecular formula is C35H33FN2O6. The van der Waals surface area contributed by atoms with Gasteiger partial charge in [0.25, 0.3) is 5.91 Å². The van der Waals surface area contributed by atoms with E-state index in [1.54, 1.807) is 48.3 Å². The quantitative estimate of drug-likeness (QED) is 0.133. The number of Topliss-reactive ketones (excluding diaryl/α,β-unsaturated/α-hetero) is 1. The number of nitrogens with zero attached hydrogens (tertiary/aromatic N) is 1. The zero-order valence-corrected chi connectivity index (χ0v) is 25.4. The molecule has 4 aromatic rings. The molecule has 1 aliphatic rings. The summed E-state index contributed by atoms with van der Waals surface area (Å²) in [5.74, 6) is -0.168. The summed E-state index contributed by atoms with van der Waals surface area (Å²) in [6.07, 6.45) is 0. The van der Waals surface area contributed by atoms with Crippen LogP contribution in [0.25, 0.3) is 11.1 Å². The number of fused-ring (bicyclic) bond motifs is 1. The Bertz CT molecular complexity index is 1780. The number of hydrogen-bond donors (Lipinski definition) is 1. The van der Waals surface area contributed by atoms with Crippen molar-refractivity contribution < 1.29 is 33.0 Å². The van der Waals surface area contributed by atoms with Crippen LogP contribution in [0.5, 0.6) is 17.2 Å². The number of ether oxygens (including phenoxy) is 3. The van der Waals surface area contributed by atoms with E-state index in [9.17, 15) is 18.8 Å². The minimum Gasteiger partial charge on any atom is -0.496 e. The molecule has 0 spiro atoms. The molecule has 5 rings (SSSR count). The normalized spacial score (nSPS) is 13.5. The predicted molar refractivity (Wildman–Crippen MR) is 166 cm³/mol. The molecule has 4 aromatic carbocycles. The van der Waals surface area contributed by atoms with E-state index in [-0.39, 0.29) is 24.0 Å². The van der Waals surface area contributed by atoms with Gasteiger partial charge in [-0.1, -0.05) is 24.3 Å². The lowest BCUT2D eigenvalue weighted by molar-refractivity contribution is -0.121. The minimum atomic E-state index is -0.823. The van der Waals surface area contributed by atoms with Gasteiger partial charge in [-0.2, -0.15) is 0 Å². The Morgan fingerprint density at radius 1 is 0.909 bits per heavy atom. The smallest absolute Gasteiger partial charge is 0.343 e. The van der Waals surface area contributed by atoms with Crippen molar-refractivity contribution in [3.05, 3.63) is 101 Å². The Hall–Kier alpha value is -5.18. The molecule has 8 nitrogen and oxygen atoms in total. The highest BCUT2D eigenvalue weighted by molar-refractivity contribution is 6.09. The van der Waals surface area contributed by atoms with Crippen molar-refractivity contribution in [2.24, 2.45) is 0 Å². The zero-order chi connectivity index (χ0) is 31.8. The summed E-state index contributed by atoms with van der Waals surface area (Å²) in [7, 11) is 3.22. The predicted octanol–water partition coefficient (Wildman–Crippen LogP) is 6.98. The molecule has 1 heterocycles. The Balaban J connectivity index is 1.54. The van der Waals surface area contributed by atoms with Crippen LogP contribution in [0.1, 0.15) is 52.6 Å². The highest BCUT2D eigenvalue weighted by Gasteiger charge is 2.38. The minimum absolute atomic E-state index is 0.0265. The molecule has 0 aromatic heterocycles. The maximum absolute atomic E-state index is 14.1. The molecule has 9 heteroatoms. The van der Waals surface area contributed by atoms with Crippen LogP contribution in [0, 0.1) is 12.7 Å². The van der Waals surface area contributed by atoms with Gasteiger partial charge in [-0.15, -0.1) is 0 Å². The van der Waals surface area contributed by atoms with Crippen LogP contribution in [0.3, 0.4) is 0 Å². The Morgan fingerprint density at radius 2 is 1.59 bits per heavy atom. The molecule has 0 bridgehead atoms. The molecule has 0 saturated carbocycles. The number of carbonyl (C=O) groups excluding carboxylic acids is 3. The van der Waals surface area contributed by atoms with Crippen molar-refractivity contribution in [2.75, 3.05) is 24.4 Å². The van der Waals surface area contributed by atoms with E-state index in [2.05, 4.69) is 5.32 Å². The summed E-state index contributed by atoms with van der Waals surface area (Å²) < 4.78 is 31.6. The van der Waals surface area contributed by atoms with Crippen LogP contribution in [0.4, 0.5) is 15.8 Å². The van der Waals surface area contributed by atoms with Gasteiger partial charge < -0.3 is 24.4 Å². The first-order valence-corrected chi connectivity index (χ1v) is 14.0. The number of methoxy groups -OCH3 is 1. The SMILES string of the molecule is COc1cc(OC(=O)c2ccc(C(C)=O)cc2)ccc1-c1ccc2c(c1COc1cc(F)ccc1C)N(C)C(=O)C(C)(C)N2. The first-order valence-electron chi connectivity index (χ1n) is 14.0. The van der Waals surface area contributed by atoms with Gasteiger partial charge in [0.05, 0.1) is 24.0 Å². The van der Waals surface area contributed by atoms with Crippen LogP contribution < -0.4 is 24.4 Å². The highest BCUT2D eigenvalue weighted by atomic mass is 19.1. The third kappa shape index (κ3) is 5.86. The third-order valence-electron chi connectivity index (χ3n) is 7.63. The van der Waals surface area contributed by atoms with Crippen LogP contribution in [-0.2, 0) is 11.4 Å². The number of carbonyl (C=O) groups is 3. The number of nitrogens with one attached hydrogen (secondary N) is 1. The largest absolute Gasteiger partial charge is 0.496 e.